The Balaban J connectivity index is 0.833. The number of aliphatic hydroxyl groups excluding tert-OH is 1. The van der Waals surface area contributed by atoms with Gasteiger partial charge in [-0.1, -0.05) is 60.7 Å². The van der Waals surface area contributed by atoms with E-state index >= 15 is 0 Å². The number of ether oxygens (including phenoxy) is 3. The third kappa shape index (κ3) is 9.75. The third-order valence-electron chi connectivity index (χ3n) is 10.6. The summed E-state index contributed by atoms with van der Waals surface area (Å²) in [6.45, 7) is 4.35. The van der Waals surface area contributed by atoms with Crippen LogP contribution in [0.2, 0.25) is 0 Å². The lowest BCUT2D eigenvalue weighted by atomic mass is 9.86. The van der Waals surface area contributed by atoms with Crippen LogP contribution < -0.4 is 20.9 Å². The molecule has 3 fully saturated rings. The minimum absolute atomic E-state index is 0.0525. The number of alkyl carbamates (subject to hydrolysis) is 1. The predicted molar refractivity (Wildman–Crippen MR) is 212 cm³/mol. The molecule has 0 spiro atoms. The van der Waals surface area contributed by atoms with Crippen molar-refractivity contribution >= 4 is 23.0 Å². The van der Waals surface area contributed by atoms with Crippen molar-refractivity contribution in [3.8, 4) is 11.5 Å². The van der Waals surface area contributed by atoms with Crippen molar-refractivity contribution in [1.82, 2.24) is 20.5 Å². The molecule has 2 bridgehead atoms. The van der Waals surface area contributed by atoms with Gasteiger partial charge in [-0.2, -0.15) is 0 Å². The number of piperidine rings is 3. The summed E-state index contributed by atoms with van der Waals surface area (Å²) in [4.78, 5) is 42.5. The van der Waals surface area contributed by atoms with Gasteiger partial charge in [0.2, 0.25) is 5.56 Å². The number of nitrogens with zero attached hydrogens (tertiary/aromatic N) is 1. The minimum atomic E-state index is -0.845. The smallest absolute Gasteiger partial charge is 0.408 e. The van der Waals surface area contributed by atoms with E-state index in [1.165, 1.54) is 12.1 Å². The lowest BCUT2D eigenvalue weighted by Gasteiger charge is -2.43. The molecule has 0 saturated carbocycles. The first kappa shape index (κ1) is 38.6. The topological polar surface area (TPSA) is 162 Å². The Morgan fingerprint density at radius 3 is 2.45 bits per heavy atom. The van der Waals surface area contributed by atoms with Crippen molar-refractivity contribution in [2.45, 2.75) is 43.9 Å². The highest BCUT2D eigenvalue weighted by Crippen LogP contribution is 2.31. The fourth-order valence-electron chi connectivity index (χ4n) is 7.56. The molecule has 3 unspecified atom stereocenters. The van der Waals surface area contributed by atoms with Crippen molar-refractivity contribution in [3.63, 3.8) is 0 Å². The van der Waals surface area contributed by atoms with E-state index in [1.807, 2.05) is 66.7 Å². The monoisotopic (exact) mass is 760 g/mol. The molecule has 3 aliphatic rings. The van der Waals surface area contributed by atoms with Crippen molar-refractivity contribution < 1.29 is 34.0 Å². The van der Waals surface area contributed by atoms with Crippen LogP contribution in [0.1, 0.15) is 64.0 Å². The molecule has 3 saturated heterocycles. The highest BCUT2D eigenvalue weighted by molar-refractivity contribution is 5.89. The molecule has 5 aromatic rings. The molecule has 5 N–H and O–H groups in total. The van der Waals surface area contributed by atoms with Crippen LogP contribution in [0.15, 0.2) is 108 Å². The van der Waals surface area contributed by atoms with E-state index in [9.17, 15) is 24.6 Å². The summed E-state index contributed by atoms with van der Waals surface area (Å²) in [5, 5.41) is 27.8. The fourth-order valence-corrected chi connectivity index (χ4v) is 7.56. The number of benzene rings is 4. The van der Waals surface area contributed by atoms with E-state index in [1.54, 1.807) is 24.3 Å². The maximum Gasteiger partial charge on any atom is 0.408 e. The first-order valence-electron chi connectivity index (χ1n) is 19.3. The van der Waals surface area contributed by atoms with Gasteiger partial charge in [-0.3, -0.25) is 9.69 Å². The third-order valence-corrected chi connectivity index (χ3v) is 10.6. The number of aliphatic hydroxyl groups is 1. The van der Waals surface area contributed by atoms with Crippen LogP contribution in [-0.2, 0) is 15.9 Å². The van der Waals surface area contributed by atoms with E-state index in [0.29, 0.717) is 59.7 Å². The number of hydrogen-bond donors (Lipinski definition) is 5. The standard InChI is InChI=1S/C44H48N4O8/c49-37-16-14-35(36-15-17-40(51)46-42(36)37)38(50)27-45-21-18-29-10-12-32(13-11-29)43(52)55-25-5-24-54-34-9-4-8-33(26-34)41(31-6-2-1-3-7-31)47-44(53)56-39-28-48-22-19-30(39)20-23-48/h1-4,6-17,26,30,38-39,41,45,49-50H,5,18-25,27-28H2,(H,46,51)(H,47,53). The van der Waals surface area contributed by atoms with Gasteiger partial charge in [-0.15, -0.1) is 0 Å². The maximum absolute atomic E-state index is 13.2. The average molecular weight is 761 g/mol. The lowest BCUT2D eigenvalue weighted by Crippen LogP contribution is -2.52. The molecule has 292 valence electrons. The summed E-state index contributed by atoms with van der Waals surface area (Å²) >= 11 is 0. The molecule has 56 heavy (non-hydrogen) atoms. The van der Waals surface area contributed by atoms with Crippen LogP contribution in [0.25, 0.3) is 10.9 Å². The number of pyridine rings is 1. The minimum Gasteiger partial charge on any atom is -0.506 e. The lowest BCUT2D eigenvalue weighted by molar-refractivity contribution is -0.0336. The van der Waals surface area contributed by atoms with E-state index in [-0.39, 0.29) is 30.6 Å². The first-order chi connectivity index (χ1) is 27.3. The molecule has 3 atom stereocenters. The van der Waals surface area contributed by atoms with Gasteiger partial charge in [0, 0.05) is 31.0 Å². The number of nitrogens with one attached hydrogen (secondary N) is 3. The second-order valence-electron chi connectivity index (χ2n) is 14.4. The Morgan fingerprint density at radius 2 is 1.68 bits per heavy atom. The average Bonchev–Trinajstić information content (AvgIpc) is 3.22. The number of phenols is 1. The number of aromatic nitrogens is 1. The largest absolute Gasteiger partial charge is 0.506 e. The zero-order valence-corrected chi connectivity index (χ0v) is 31.2. The van der Waals surface area contributed by atoms with E-state index in [0.717, 1.165) is 49.2 Å². The summed E-state index contributed by atoms with van der Waals surface area (Å²) in [5.41, 5.74) is 3.84. The van der Waals surface area contributed by atoms with Gasteiger partial charge in [0.1, 0.15) is 17.6 Å². The number of aromatic hydroxyl groups is 1. The first-order valence-corrected chi connectivity index (χ1v) is 19.3. The highest BCUT2D eigenvalue weighted by Gasteiger charge is 2.37. The summed E-state index contributed by atoms with van der Waals surface area (Å²) in [5.74, 6) is 0.601. The summed E-state index contributed by atoms with van der Waals surface area (Å²) < 4.78 is 17.5. The van der Waals surface area contributed by atoms with Crippen molar-refractivity contribution in [2.75, 3.05) is 45.9 Å². The maximum atomic E-state index is 13.2. The summed E-state index contributed by atoms with van der Waals surface area (Å²) in [6.07, 6.45) is 1.95. The van der Waals surface area contributed by atoms with Gasteiger partial charge in [-0.25, -0.2) is 9.59 Å². The second kappa shape index (κ2) is 18.3. The Bertz CT molecular complexity index is 2150. The van der Waals surface area contributed by atoms with Crippen LogP contribution in [0.5, 0.6) is 11.5 Å². The normalized spacial score (nSPS) is 18.6. The number of carbonyl (C=O) groups excluding carboxylic acids is 2. The molecule has 4 heterocycles. The molecule has 1 aromatic heterocycles. The summed E-state index contributed by atoms with van der Waals surface area (Å²) in [6, 6.07) is 30.3. The number of hydrogen-bond acceptors (Lipinski definition) is 10. The van der Waals surface area contributed by atoms with Crippen molar-refractivity contribution in [3.05, 3.63) is 141 Å². The van der Waals surface area contributed by atoms with Crippen LogP contribution in [0.4, 0.5) is 4.79 Å². The molecule has 0 radical (unpaired) electrons. The van der Waals surface area contributed by atoms with E-state index in [4.69, 9.17) is 14.2 Å². The molecule has 3 aliphatic heterocycles. The fraction of sp³-hybridized carbons (Fsp3) is 0.341. The van der Waals surface area contributed by atoms with Crippen LogP contribution >= 0.6 is 0 Å². The van der Waals surface area contributed by atoms with Crippen LogP contribution in [0, 0.1) is 5.92 Å². The Labute approximate surface area is 325 Å². The molecule has 8 rings (SSSR count). The Morgan fingerprint density at radius 1 is 0.893 bits per heavy atom. The number of rotatable bonds is 16. The van der Waals surface area contributed by atoms with Crippen molar-refractivity contribution in [1.29, 1.82) is 0 Å². The second-order valence-corrected chi connectivity index (χ2v) is 14.4. The Hall–Kier alpha value is -5.69. The van der Waals surface area contributed by atoms with Crippen molar-refractivity contribution in [2.24, 2.45) is 5.92 Å². The molecule has 0 aliphatic carbocycles. The molecule has 1 amide bonds. The zero-order valence-electron chi connectivity index (χ0n) is 31.2. The van der Waals surface area contributed by atoms with Gasteiger partial charge in [0.15, 0.2) is 0 Å². The summed E-state index contributed by atoms with van der Waals surface area (Å²) in [7, 11) is 0. The molecule has 12 heteroatoms. The molecule has 4 aromatic carbocycles. The number of aromatic amines is 1. The number of fused-ring (bicyclic) bond motifs is 4. The number of H-pyrrole nitrogens is 1. The van der Waals surface area contributed by atoms with Gasteiger partial charge < -0.3 is 40.0 Å². The van der Waals surface area contributed by atoms with Crippen LogP contribution in [0.3, 0.4) is 0 Å². The van der Waals surface area contributed by atoms with E-state index in [2.05, 4.69) is 20.5 Å². The number of amides is 1. The Kier molecular flexibility index (Phi) is 12.6. The van der Waals surface area contributed by atoms with Gasteiger partial charge in [-0.05, 0) is 103 Å². The molecular formula is C44H48N4O8. The quantitative estimate of drug-likeness (QED) is 0.0629. The number of phenolic OH excluding ortho intramolecular Hbond substituents is 1. The zero-order chi connectivity index (χ0) is 38.9. The van der Waals surface area contributed by atoms with Gasteiger partial charge in [0.25, 0.3) is 0 Å². The van der Waals surface area contributed by atoms with Gasteiger partial charge >= 0.3 is 12.1 Å². The SMILES string of the molecule is O=C(NC(c1ccccc1)c1cccc(OCCCOC(=O)c2ccc(CCNCC(O)c3ccc(O)c4[nH]c(=O)ccc34)cc2)c1)OC1CN2CCC1CC2. The predicted octanol–water partition coefficient (Wildman–Crippen LogP) is 5.64. The highest BCUT2D eigenvalue weighted by atomic mass is 16.6. The molecular weight excluding hydrogens is 713 g/mol. The number of carbonyl (C=O) groups is 2. The number of esters is 1. The van der Waals surface area contributed by atoms with E-state index < -0.39 is 24.2 Å². The van der Waals surface area contributed by atoms with Crippen LogP contribution in [-0.4, -0.2) is 84.2 Å². The molecule has 12 nitrogen and oxygen atoms in total. The van der Waals surface area contributed by atoms with Gasteiger partial charge in [0.05, 0.1) is 36.4 Å².